The predicted octanol–water partition coefficient (Wildman–Crippen LogP) is 0.767. The molecule has 1 rings (SSSR count). The summed E-state index contributed by atoms with van der Waals surface area (Å²) in [7, 11) is 3.72. The van der Waals surface area contributed by atoms with E-state index in [1.54, 1.807) is 0 Å². The normalized spacial score (nSPS) is 32.0. The number of hydrogen-bond donors (Lipinski definition) is 2. The number of hydrogen-bond acceptors (Lipinski definition) is 4. The van der Waals surface area contributed by atoms with Gasteiger partial charge in [-0.05, 0) is 18.1 Å². The average Bonchev–Trinajstić information content (AvgIpc) is 2.39. The Labute approximate surface area is 100 Å². The molecule has 1 heterocycles. The Balaban J connectivity index is 2.46. The van der Waals surface area contributed by atoms with Crippen LogP contribution in [0.2, 0.25) is 18.1 Å². The van der Waals surface area contributed by atoms with Gasteiger partial charge < -0.3 is 14.3 Å². The van der Waals surface area contributed by atoms with E-state index in [-0.39, 0.29) is 11.1 Å². The first kappa shape index (κ1) is 14.2. The monoisotopic (exact) mass is 243 g/mol. The maximum absolute atomic E-state index is 9.58. The summed E-state index contributed by atoms with van der Waals surface area (Å²) < 4.78 is 11.3. The Morgan fingerprint density at radius 2 is 2.00 bits per heavy atom. The summed E-state index contributed by atoms with van der Waals surface area (Å²) >= 11 is 0. The van der Waals surface area contributed by atoms with Crippen molar-refractivity contribution in [1.82, 2.24) is 5.32 Å². The fourth-order valence-electron chi connectivity index (χ4n) is 1.22. The van der Waals surface area contributed by atoms with E-state index in [4.69, 9.17) is 17.0 Å². The fraction of sp³-hybridized carbons (Fsp3) is 1.00. The van der Waals surface area contributed by atoms with Gasteiger partial charge in [0.25, 0.3) is 0 Å². The summed E-state index contributed by atoms with van der Waals surface area (Å²) in [6, 6.07) is 0. The van der Waals surface area contributed by atoms with Gasteiger partial charge in [0.2, 0.25) is 0 Å². The van der Waals surface area contributed by atoms with Gasteiger partial charge in [-0.2, -0.15) is 0 Å². The first-order valence-corrected chi connectivity index (χ1v) is 8.53. The molecule has 1 unspecified atom stereocenters. The Morgan fingerprint density at radius 3 is 2.38 bits per heavy atom. The van der Waals surface area contributed by atoms with Crippen LogP contribution < -0.4 is 5.32 Å². The highest BCUT2D eigenvalue weighted by molar-refractivity contribution is 6.74. The molecule has 0 aliphatic carbocycles. The summed E-state index contributed by atoms with van der Waals surface area (Å²) in [5, 5.41) is 12.4. The lowest BCUT2D eigenvalue weighted by molar-refractivity contribution is -0.00125. The molecule has 2 N–H and O–H groups in total. The first-order valence-electron chi connectivity index (χ1n) is 5.62. The van der Waals surface area contributed by atoms with Crippen molar-refractivity contribution < 1.29 is 14.3 Å². The van der Waals surface area contributed by atoms with Crippen LogP contribution in [0.3, 0.4) is 0 Å². The molecule has 1 fully saturated rings. The van der Waals surface area contributed by atoms with Crippen LogP contribution in [-0.2, 0) is 9.16 Å². The number of aliphatic hydroxyl groups is 1. The van der Waals surface area contributed by atoms with Gasteiger partial charge in [-0.25, -0.2) is 0 Å². The standard InChI is InChI=1S/C10H22BNO3Si/c1-10(2,3)16(4,5)14-6-7-8(13)12-9(11)15-7/h7-9,12-13H,6H2,1-5H3/t7-,8?,9+/m1/s1. The van der Waals surface area contributed by atoms with E-state index in [1.165, 1.54) is 0 Å². The molecule has 1 aliphatic heterocycles. The van der Waals surface area contributed by atoms with Crippen molar-refractivity contribution in [2.75, 3.05) is 6.61 Å². The smallest absolute Gasteiger partial charge is 0.192 e. The molecular formula is C10H22BNO3Si. The van der Waals surface area contributed by atoms with Gasteiger partial charge in [0, 0.05) is 0 Å². The van der Waals surface area contributed by atoms with Crippen molar-refractivity contribution in [1.29, 1.82) is 0 Å². The molecule has 3 atom stereocenters. The third kappa shape index (κ3) is 3.31. The summed E-state index contributed by atoms with van der Waals surface area (Å²) in [5.74, 6) is 0. The second-order valence-electron chi connectivity index (χ2n) is 5.78. The van der Waals surface area contributed by atoms with Crippen molar-refractivity contribution in [2.24, 2.45) is 0 Å². The van der Waals surface area contributed by atoms with E-state index in [2.05, 4.69) is 39.2 Å². The van der Waals surface area contributed by atoms with E-state index >= 15 is 0 Å². The predicted molar refractivity (Wildman–Crippen MR) is 66.7 cm³/mol. The summed E-state index contributed by atoms with van der Waals surface area (Å²) in [6.45, 7) is 11.3. The third-order valence-electron chi connectivity index (χ3n) is 3.42. The van der Waals surface area contributed by atoms with Gasteiger partial charge in [0.05, 0.1) is 12.7 Å². The Bertz CT molecular complexity index is 245. The zero-order chi connectivity index (χ0) is 12.6. The lowest BCUT2D eigenvalue weighted by atomic mass is 10.1. The van der Waals surface area contributed by atoms with Gasteiger partial charge in [-0.3, -0.25) is 5.32 Å². The lowest BCUT2D eigenvalue weighted by Crippen LogP contribution is -2.44. The van der Waals surface area contributed by atoms with Crippen LogP contribution in [0.5, 0.6) is 0 Å². The molecule has 1 aliphatic rings. The minimum absolute atomic E-state index is 0.159. The van der Waals surface area contributed by atoms with Gasteiger partial charge >= 0.3 is 0 Å². The van der Waals surface area contributed by atoms with Gasteiger partial charge in [0.1, 0.15) is 20.2 Å². The topological polar surface area (TPSA) is 50.7 Å². The van der Waals surface area contributed by atoms with Crippen molar-refractivity contribution in [3.8, 4) is 0 Å². The Kier molecular flexibility index (Phi) is 4.24. The molecule has 2 radical (unpaired) electrons. The molecule has 6 heteroatoms. The summed E-state index contributed by atoms with van der Waals surface area (Å²) in [6.07, 6.45) is -1.70. The van der Waals surface area contributed by atoms with E-state index in [0.29, 0.717) is 6.61 Å². The molecule has 92 valence electrons. The first-order chi connectivity index (χ1) is 7.13. The number of nitrogens with one attached hydrogen (secondary N) is 1. The quantitative estimate of drug-likeness (QED) is 0.719. The van der Waals surface area contributed by atoms with Crippen LogP contribution in [-0.4, -0.2) is 46.3 Å². The van der Waals surface area contributed by atoms with Crippen molar-refractivity contribution in [3.05, 3.63) is 0 Å². The minimum Gasteiger partial charge on any atom is -0.414 e. The Morgan fingerprint density at radius 1 is 1.44 bits per heavy atom. The molecule has 4 nitrogen and oxygen atoms in total. The van der Waals surface area contributed by atoms with Crippen LogP contribution >= 0.6 is 0 Å². The molecular weight excluding hydrogens is 221 g/mol. The zero-order valence-electron chi connectivity index (χ0n) is 10.8. The van der Waals surface area contributed by atoms with Crippen LogP contribution in [0.4, 0.5) is 0 Å². The average molecular weight is 243 g/mol. The van der Waals surface area contributed by atoms with E-state index in [0.717, 1.165) is 0 Å². The van der Waals surface area contributed by atoms with Crippen molar-refractivity contribution in [2.45, 2.75) is 57.4 Å². The number of ether oxygens (including phenoxy) is 1. The van der Waals surface area contributed by atoms with Crippen molar-refractivity contribution >= 4 is 16.2 Å². The molecule has 16 heavy (non-hydrogen) atoms. The third-order valence-corrected chi connectivity index (χ3v) is 7.92. The maximum atomic E-state index is 9.58. The molecule has 0 saturated carbocycles. The second kappa shape index (κ2) is 4.78. The lowest BCUT2D eigenvalue weighted by Gasteiger charge is -2.37. The van der Waals surface area contributed by atoms with Crippen LogP contribution in [0.25, 0.3) is 0 Å². The summed E-state index contributed by atoms with van der Waals surface area (Å²) in [5.41, 5.74) is 0. The van der Waals surface area contributed by atoms with E-state index in [9.17, 15) is 5.11 Å². The van der Waals surface area contributed by atoms with Crippen LogP contribution in [0.15, 0.2) is 0 Å². The van der Waals surface area contributed by atoms with Gasteiger partial charge in [-0.1, -0.05) is 20.8 Å². The van der Waals surface area contributed by atoms with E-state index < -0.39 is 20.7 Å². The summed E-state index contributed by atoms with van der Waals surface area (Å²) in [4.78, 5) is 0. The van der Waals surface area contributed by atoms with Crippen LogP contribution in [0, 0.1) is 0 Å². The molecule has 0 bridgehead atoms. The highest BCUT2D eigenvalue weighted by Gasteiger charge is 2.39. The molecule has 0 aromatic carbocycles. The fourth-order valence-corrected chi connectivity index (χ4v) is 2.23. The number of aliphatic hydroxyl groups excluding tert-OH is 1. The highest BCUT2D eigenvalue weighted by atomic mass is 28.4. The highest BCUT2D eigenvalue weighted by Crippen LogP contribution is 2.36. The van der Waals surface area contributed by atoms with E-state index in [1.807, 2.05) is 0 Å². The minimum atomic E-state index is -1.78. The molecule has 0 amide bonds. The van der Waals surface area contributed by atoms with Gasteiger partial charge in [-0.15, -0.1) is 0 Å². The zero-order valence-corrected chi connectivity index (χ0v) is 11.8. The molecule has 0 spiro atoms. The van der Waals surface area contributed by atoms with Gasteiger partial charge in [0.15, 0.2) is 8.32 Å². The van der Waals surface area contributed by atoms with Crippen molar-refractivity contribution in [3.63, 3.8) is 0 Å². The van der Waals surface area contributed by atoms with Crippen LogP contribution in [0.1, 0.15) is 20.8 Å². The largest absolute Gasteiger partial charge is 0.414 e. The number of rotatable bonds is 3. The second-order valence-corrected chi connectivity index (χ2v) is 10.6. The molecule has 0 aromatic heterocycles. The molecule has 0 aromatic rings. The maximum Gasteiger partial charge on any atom is 0.192 e. The molecule has 1 saturated heterocycles. The Hall–Kier alpha value is 0.122. The SMILES string of the molecule is [B][C@H]1NC(O)[C@@H](CO[Si](C)(C)C(C)(C)C)O1.